The molecule has 3 nitrogen and oxygen atoms in total. The van der Waals surface area contributed by atoms with Gasteiger partial charge in [0.2, 0.25) is 0 Å². The van der Waals surface area contributed by atoms with Crippen molar-refractivity contribution in [3.8, 4) is 0 Å². The Morgan fingerprint density at radius 1 is 1.33 bits per heavy atom. The first kappa shape index (κ1) is 11.4. The molecule has 0 spiro atoms. The van der Waals surface area contributed by atoms with Gasteiger partial charge in [-0.15, -0.1) is 5.73 Å². The summed E-state index contributed by atoms with van der Waals surface area (Å²) in [7, 11) is 0. The number of rotatable bonds is 1. The monoisotopic (exact) mass is 240 g/mol. The predicted octanol–water partition coefficient (Wildman–Crippen LogP) is 2.27. The van der Waals surface area contributed by atoms with Crippen molar-refractivity contribution in [2.24, 2.45) is 0 Å². The van der Waals surface area contributed by atoms with Gasteiger partial charge in [0.25, 0.3) is 0 Å². The molecule has 1 aromatic heterocycles. The molecular formula is C15H16N2O. The van der Waals surface area contributed by atoms with E-state index in [9.17, 15) is 4.79 Å². The van der Waals surface area contributed by atoms with Crippen LogP contribution in [0.2, 0.25) is 0 Å². The lowest BCUT2D eigenvalue weighted by Gasteiger charge is -2.36. The van der Waals surface area contributed by atoms with Gasteiger partial charge < -0.3 is 0 Å². The van der Waals surface area contributed by atoms with E-state index in [1.54, 1.807) is 6.20 Å². The molecule has 2 atom stereocenters. The summed E-state index contributed by atoms with van der Waals surface area (Å²) in [5.41, 5.74) is 5.19. The Morgan fingerprint density at radius 2 is 2.17 bits per heavy atom. The van der Waals surface area contributed by atoms with Crippen molar-refractivity contribution in [1.82, 2.24) is 9.88 Å². The SMILES string of the molecule is C=C=C1CCN2[C@H]1CC(=O)C[C@H]2c1ccccn1. The highest BCUT2D eigenvalue weighted by Gasteiger charge is 2.41. The van der Waals surface area contributed by atoms with Crippen molar-refractivity contribution in [1.29, 1.82) is 0 Å². The van der Waals surface area contributed by atoms with Gasteiger partial charge in [-0.25, -0.2) is 0 Å². The van der Waals surface area contributed by atoms with Crippen molar-refractivity contribution < 1.29 is 4.79 Å². The van der Waals surface area contributed by atoms with Gasteiger partial charge >= 0.3 is 0 Å². The smallest absolute Gasteiger partial charge is 0.136 e. The number of aromatic nitrogens is 1. The molecular weight excluding hydrogens is 224 g/mol. The van der Waals surface area contributed by atoms with Gasteiger partial charge in [-0.1, -0.05) is 12.6 Å². The maximum absolute atomic E-state index is 11.9. The Labute approximate surface area is 107 Å². The van der Waals surface area contributed by atoms with Crippen molar-refractivity contribution >= 4 is 5.78 Å². The number of nitrogens with zero attached hydrogens (tertiary/aromatic N) is 2. The van der Waals surface area contributed by atoms with E-state index in [1.807, 2.05) is 18.2 Å². The second kappa shape index (κ2) is 4.52. The molecule has 0 aliphatic carbocycles. The van der Waals surface area contributed by atoms with Crippen molar-refractivity contribution in [3.63, 3.8) is 0 Å². The zero-order valence-corrected chi connectivity index (χ0v) is 10.3. The number of pyridine rings is 1. The van der Waals surface area contributed by atoms with Crippen molar-refractivity contribution in [2.45, 2.75) is 31.3 Å². The zero-order valence-electron chi connectivity index (χ0n) is 10.3. The summed E-state index contributed by atoms with van der Waals surface area (Å²) in [5.74, 6) is 0.321. The van der Waals surface area contributed by atoms with Crippen molar-refractivity contribution in [3.05, 3.63) is 48.0 Å². The zero-order chi connectivity index (χ0) is 12.5. The normalized spacial score (nSPS) is 28.0. The number of piperidine rings is 1. The lowest BCUT2D eigenvalue weighted by Crippen LogP contribution is -2.41. The molecule has 0 unspecified atom stereocenters. The van der Waals surface area contributed by atoms with E-state index < -0.39 is 0 Å². The van der Waals surface area contributed by atoms with Crippen LogP contribution in [0.3, 0.4) is 0 Å². The number of carbonyl (C=O) groups is 1. The Balaban J connectivity index is 1.96. The molecule has 0 N–H and O–H groups in total. The molecule has 3 rings (SSSR count). The van der Waals surface area contributed by atoms with Crippen LogP contribution < -0.4 is 0 Å². The Hall–Kier alpha value is -1.70. The molecule has 0 aromatic carbocycles. The number of fused-ring (bicyclic) bond motifs is 1. The van der Waals surface area contributed by atoms with E-state index in [0.29, 0.717) is 18.6 Å². The molecule has 0 radical (unpaired) electrons. The second-order valence-corrected chi connectivity index (χ2v) is 4.92. The first-order valence-corrected chi connectivity index (χ1v) is 6.37. The van der Waals surface area contributed by atoms with Gasteiger partial charge in [-0.2, -0.15) is 0 Å². The lowest BCUT2D eigenvalue weighted by atomic mass is 9.91. The maximum Gasteiger partial charge on any atom is 0.136 e. The minimum Gasteiger partial charge on any atom is -0.300 e. The molecule has 3 heterocycles. The van der Waals surface area contributed by atoms with Crippen LogP contribution in [0.5, 0.6) is 0 Å². The maximum atomic E-state index is 11.9. The molecule has 1 aromatic rings. The lowest BCUT2D eigenvalue weighted by molar-refractivity contribution is -0.124. The second-order valence-electron chi connectivity index (χ2n) is 4.92. The summed E-state index contributed by atoms with van der Waals surface area (Å²) in [5, 5.41) is 0. The number of hydrogen-bond acceptors (Lipinski definition) is 3. The van der Waals surface area contributed by atoms with Crippen LogP contribution in [0.1, 0.15) is 31.0 Å². The molecule has 18 heavy (non-hydrogen) atoms. The van der Waals surface area contributed by atoms with Gasteiger partial charge in [0.15, 0.2) is 0 Å². The Morgan fingerprint density at radius 3 is 2.89 bits per heavy atom. The van der Waals surface area contributed by atoms with Gasteiger partial charge in [0.1, 0.15) is 5.78 Å². The summed E-state index contributed by atoms with van der Waals surface area (Å²) in [6, 6.07) is 6.23. The fraction of sp³-hybridized carbons (Fsp3) is 0.400. The molecule has 2 aliphatic rings. The van der Waals surface area contributed by atoms with Crippen LogP contribution in [0, 0.1) is 0 Å². The molecule has 0 saturated carbocycles. The van der Waals surface area contributed by atoms with Crippen LogP contribution in [-0.2, 0) is 4.79 Å². The first-order chi connectivity index (χ1) is 8.79. The third-order valence-corrected chi connectivity index (χ3v) is 3.94. The summed E-state index contributed by atoms with van der Waals surface area (Å²) >= 11 is 0. The van der Waals surface area contributed by atoms with Crippen LogP contribution in [0.25, 0.3) is 0 Å². The van der Waals surface area contributed by atoms with E-state index in [-0.39, 0.29) is 12.1 Å². The third-order valence-electron chi connectivity index (χ3n) is 3.94. The van der Waals surface area contributed by atoms with Gasteiger partial charge in [0, 0.05) is 31.6 Å². The summed E-state index contributed by atoms with van der Waals surface area (Å²) in [6.45, 7) is 4.72. The first-order valence-electron chi connectivity index (χ1n) is 6.37. The van der Waals surface area contributed by atoms with E-state index in [2.05, 4.69) is 22.2 Å². The molecule has 2 saturated heterocycles. The Kier molecular flexibility index (Phi) is 2.86. The molecule has 2 aliphatic heterocycles. The molecule has 92 valence electrons. The number of carbonyl (C=O) groups excluding carboxylic acids is 1. The van der Waals surface area contributed by atoms with Crippen LogP contribution in [0.4, 0.5) is 0 Å². The molecule has 2 fully saturated rings. The van der Waals surface area contributed by atoms with Crippen LogP contribution in [0.15, 0.2) is 42.3 Å². The molecule has 0 amide bonds. The van der Waals surface area contributed by atoms with E-state index in [1.165, 1.54) is 5.57 Å². The Bertz CT molecular complexity index is 517. The number of ketones is 1. The molecule has 0 bridgehead atoms. The average Bonchev–Trinajstić information content (AvgIpc) is 2.81. The van der Waals surface area contributed by atoms with Gasteiger partial charge in [0.05, 0.1) is 11.7 Å². The number of Topliss-reactive ketones (excluding diaryl/α,β-unsaturated/α-hetero) is 1. The van der Waals surface area contributed by atoms with Gasteiger partial charge in [-0.3, -0.25) is 14.7 Å². The average molecular weight is 240 g/mol. The van der Waals surface area contributed by atoms with E-state index in [4.69, 9.17) is 0 Å². The topological polar surface area (TPSA) is 33.2 Å². The third kappa shape index (κ3) is 1.82. The van der Waals surface area contributed by atoms with E-state index in [0.717, 1.165) is 18.7 Å². The highest BCUT2D eigenvalue weighted by Crippen LogP contribution is 2.39. The number of hydrogen-bond donors (Lipinski definition) is 0. The quantitative estimate of drug-likeness (QED) is 0.706. The predicted molar refractivity (Wildman–Crippen MR) is 69.0 cm³/mol. The van der Waals surface area contributed by atoms with Crippen LogP contribution in [-0.4, -0.2) is 28.3 Å². The minimum atomic E-state index is 0.128. The van der Waals surface area contributed by atoms with Crippen LogP contribution >= 0.6 is 0 Å². The van der Waals surface area contributed by atoms with Gasteiger partial charge in [-0.05, 0) is 24.1 Å². The standard InChI is InChI=1S/C15H16N2O/c1-2-11-6-8-17-14(11)9-12(18)10-15(17)13-5-3-4-7-16-13/h3-5,7,14-15H,1,6,8-10H2/t14-,15-/m0/s1. The van der Waals surface area contributed by atoms with Crippen molar-refractivity contribution in [2.75, 3.05) is 6.54 Å². The highest BCUT2D eigenvalue weighted by molar-refractivity contribution is 5.81. The minimum absolute atomic E-state index is 0.128. The largest absolute Gasteiger partial charge is 0.300 e. The summed E-state index contributed by atoms with van der Waals surface area (Å²) in [6.07, 6.45) is 3.97. The van der Waals surface area contributed by atoms with E-state index >= 15 is 0 Å². The molecule has 3 heteroatoms. The highest BCUT2D eigenvalue weighted by atomic mass is 16.1. The summed E-state index contributed by atoms with van der Waals surface area (Å²) in [4.78, 5) is 18.7. The fourth-order valence-electron chi connectivity index (χ4n) is 3.07. The fourth-order valence-corrected chi connectivity index (χ4v) is 3.07. The summed E-state index contributed by atoms with van der Waals surface area (Å²) < 4.78 is 0.